The van der Waals surface area contributed by atoms with Gasteiger partial charge in [-0.15, -0.1) is 0 Å². The van der Waals surface area contributed by atoms with Crippen molar-refractivity contribution in [2.24, 2.45) is 5.84 Å². The second-order valence-corrected chi connectivity index (χ2v) is 3.22. The number of nitrogens with two attached hydrogens (primary N) is 1. The van der Waals surface area contributed by atoms with E-state index in [1.807, 2.05) is 29.7 Å². The van der Waals surface area contributed by atoms with E-state index in [1.165, 1.54) is 0 Å². The number of hydrogen-bond acceptors (Lipinski definition) is 2. The number of carbonyl (C=O) groups is 1. The Hall–Kier alpha value is -1.26. The normalized spacial score (nSPS) is 9.57. The number of amides is 2. The maximum absolute atomic E-state index is 10.7. The molecule has 0 spiro atoms. The van der Waals surface area contributed by atoms with Crippen molar-refractivity contribution in [1.82, 2.24) is 10.7 Å². The van der Waals surface area contributed by atoms with Crippen LogP contribution in [-0.4, -0.2) is 12.6 Å². The Kier molecular flexibility index (Phi) is 4.22. The Morgan fingerprint density at radius 3 is 2.93 bits per heavy atom. The van der Waals surface area contributed by atoms with E-state index in [0.29, 0.717) is 11.6 Å². The molecule has 0 saturated carbocycles. The Balaban J connectivity index is 2.35. The number of urea groups is 1. The molecule has 4 nitrogen and oxygen atoms in total. The summed E-state index contributed by atoms with van der Waals surface area (Å²) in [5, 5.41) is 3.28. The van der Waals surface area contributed by atoms with Gasteiger partial charge in [0.1, 0.15) is 0 Å². The largest absolute Gasteiger partial charge is 0.337 e. The molecule has 1 rings (SSSR count). The monoisotopic (exact) mass is 213 g/mol. The number of nitrogens with one attached hydrogen (secondary N) is 2. The van der Waals surface area contributed by atoms with Crippen LogP contribution in [0.1, 0.15) is 5.56 Å². The van der Waals surface area contributed by atoms with Gasteiger partial charge in [0, 0.05) is 11.6 Å². The number of halogens is 1. The van der Waals surface area contributed by atoms with Crippen molar-refractivity contribution < 1.29 is 4.79 Å². The van der Waals surface area contributed by atoms with Gasteiger partial charge in [0.25, 0.3) is 0 Å². The minimum atomic E-state index is -0.382. The first kappa shape index (κ1) is 10.8. The second kappa shape index (κ2) is 5.47. The summed E-state index contributed by atoms with van der Waals surface area (Å²) in [5.74, 6) is 4.89. The predicted octanol–water partition coefficient (Wildman–Crippen LogP) is 1.06. The smallest absolute Gasteiger partial charge is 0.328 e. The average molecular weight is 214 g/mol. The summed E-state index contributed by atoms with van der Waals surface area (Å²) in [6.07, 6.45) is 0.730. The van der Waals surface area contributed by atoms with Gasteiger partial charge in [-0.1, -0.05) is 23.7 Å². The van der Waals surface area contributed by atoms with Gasteiger partial charge < -0.3 is 5.32 Å². The lowest BCUT2D eigenvalue weighted by Crippen LogP contribution is -2.40. The zero-order valence-electron chi connectivity index (χ0n) is 7.59. The van der Waals surface area contributed by atoms with E-state index in [4.69, 9.17) is 17.4 Å². The SMILES string of the molecule is NNC(=O)NCCc1cccc(Cl)c1. The molecule has 76 valence electrons. The number of rotatable bonds is 3. The molecule has 0 bridgehead atoms. The van der Waals surface area contributed by atoms with Gasteiger partial charge >= 0.3 is 6.03 Å². The van der Waals surface area contributed by atoms with E-state index < -0.39 is 0 Å². The first-order valence-corrected chi connectivity index (χ1v) is 4.59. The summed E-state index contributed by atoms with van der Waals surface area (Å²) < 4.78 is 0. The molecule has 4 N–H and O–H groups in total. The number of hydrogen-bond donors (Lipinski definition) is 3. The molecule has 0 aromatic heterocycles. The van der Waals surface area contributed by atoms with Gasteiger partial charge in [-0.3, -0.25) is 5.43 Å². The fourth-order valence-corrected chi connectivity index (χ4v) is 1.28. The van der Waals surface area contributed by atoms with Gasteiger partial charge in [0.15, 0.2) is 0 Å². The van der Waals surface area contributed by atoms with Crippen LogP contribution in [0.15, 0.2) is 24.3 Å². The van der Waals surface area contributed by atoms with Crippen LogP contribution in [0.2, 0.25) is 5.02 Å². The van der Waals surface area contributed by atoms with Crippen LogP contribution in [0.3, 0.4) is 0 Å². The minimum Gasteiger partial charge on any atom is -0.337 e. The van der Waals surface area contributed by atoms with E-state index in [2.05, 4.69) is 5.32 Å². The number of carbonyl (C=O) groups excluding carboxylic acids is 1. The van der Waals surface area contributed by atoms with E-state index >= 15 is 0 Å². The standard InChI is InChI=1S/C9H12ClN3O/c10-8-3-1-2-7(6-8)4-5-12-9(14)13-11/h1-3,6H,4-5,11H2,(H2,12,13,14). The molecular weight excluding hydrogens is 202 g/mol. The van der Waals surface area contributed by atoms with Crippen molar-refractivity contribution in [3.63, 3.8) is 0 Å². The number of benzene rings is 1. The van der Waals surface area contributed by atoms with Crippen molar-refractivity contribution >= 4 is 17.6 Å². The van der Waals surface area contributed by atoms with Crippen LogP contribution >= 0.6 is 11.6 Å². The van der Waals surface area contributed by atoms with Gasteiger partial charge in [0.05, 0.1) is 0 Å². The molecule has 14 heavy (non-hydrogen) atoms. The van der Waals surface area contributed by atoms with Gasteiger partial charge in [-0.25, -0.2) is 10.6 Å². The highest BCUT2D eigenvalue weighted by Gasteiger charge is 1.97. The fourth-order valence-electron chi connectivity index (χ4n) is 1.06. The Morgan fingerprint density at radius 1 is 1.50 bits per heavy atom. The lowest BCUT2D eigenvalue weighted by molar-refractivity contribution is 0.241. The maximum Gasteiger partial charge on any atom is 0.328 e. The number of hydrazine groups is 1. The highest BCUT2D eigenvalue weighted by Crippen LogP contribution is 2.10. The summed E-state index contributed by atoms with van der Waals surface area (Å²) in [5.41, 5.74) is 3.07. The quantitative estimate of drug-likeness (QED) is 0.399. The van der Waals surface area contributed by atoms with Crippen LogP contribution in [-0.2, 0) is 6.42 Å². The van der Waals surface area contributed by atoms with Crippen molar-refractivity contribution in [3.8, 4) is 0 Å². The van der Waals surface area contributed by atoms with E-state index in [0.717, 1.165) is 12.0 Å². The van der Waals surface area contributed by atoms with Crippen molar-refractivity contribution in [1.29, 1.82) is 0 Å². The van der Waals surface area contributed by atoms with E-state index in [-0.39, 0.29) is 6.03 Å². The summed E-state index contributed by atoms with van der Waals surface area (Å²) in [6, 6.07) is 7.12. The third-order valence-corrected chi connectivity index (χ3v) is 1.95. The van der Waals surface area contributed by atoms with Crippen LogP contribution in [0.5, 0.6) is 0 Å². The zero-order chi connectivity index (χ0) is 10.4. The van der Waals surface area contributed by atoms with Crippen molar-refractivity contribution in [3.05, 3.63) is 34.9 Å². The van der Waals surface area contributed by atoms with Gasteiger partial charge in [0.2, 0.25) is 0 Å². The summed E-state index contributed by atoms with van der Waals surface area (Å²) in [7, 11) is 0. The molecule has 0 fully saturated rings. The second-order valence-electron chi connectivity index (χ2n) is 2.78. The molecule has 0 atom stereocenters. The molecule has 0 radical (unpaired) electrons. The average Bonchev–Trinajstić information content (AvgIpc) is 2.17. The topological polar surface area (TPSA) is 67.1 Å². The highest BCUT2D eigenvalue weighted by atomic mass is 35.5. The van der Waals surface area contributed by atoms with E-state index in [9.17, 15) is 4.79 Å². The first-order chi connectivity index (χ1) is 6.72. The van der Waals surface area contributed by atoms with Crippen LogP contribution in [0.25, 0.3) is 0 Å². The lowest BCUT2D eigenvalue weighted by Gasteiger charge is -2.04. The molecule has 1 aromatic rings. The van der Waals surface area contributed by atoms with Crippen molar-refractivity contribution in [2.45, 2.75) is 6.42 Å². The molecule has 0 heterocycles. The van der Waals surface area contributed by atoms with Crippen LogP contribution in [0.4, 0.5) is 4.79 Å². The molecule has 0 aliphatic rings. The fraction of sp³-hybridized carbons (Fsp3) is 0.222. The predicted molar refractivity (Wildman–Crippen MR) is 55.9 cm³/mol. The molecule has 5 heteroatoms. The third kappa shape index (κ3) is 3.64. The lowest BCUT2D eigenvalue weighted by atomic mass is 10.1. The van der Waals surface area contributed by atoms with Gasteiger partial charge in [-0.2, -0.15) is 0 Å². The molecular formula is C9H12ClN3O. The minimum absolute atomic E-state index is 0.382. The summed E-state index contributed by atoms with van der Waals surface area (Å²) in [4.78, 5) is 10.7. The molecule has 0 aliphatic heterocycles. The summed E-state index contributed by atoms with van der Waals surface area (Å²) in [6.45, 7) is 0.531. The molecule has 2 amide bonds. The van der Waals surface area contributed by atoms with Crippen LogP contribution in [0, 0.1) is 0 Å². The third-order valence-electron chi connectivity index (χ3n) is 1.72. The maximum atomic E-state index is 10.7. The Bertz CT molecular complexity index is 317. The molecule has 0 unspecified atom stereocenters. The van der Waals surface area contributed by atoms with Gasteiger partial charge in [-0.05, 0) is 24.1 Å². The van der Waals surface area contributed by atoms with Crippen molar-refractivity contribution in [2.75, 3.05) is 6.54 Å². The van der Waals surface area contributed by atoms with E-state index in [1.54, 1.807) is 0 Å². The van der Waals surface area contributed by atoms with Crippen LogP contribution < -0.4 is 16.6 Å². The molecule has 1 aromatic carbocycles. The Labute approximate surface area is 87.4 Å². The molecule has 0 saturated heterocycles. The highest BCUT2D eigenvalue weighted by molar-refractivity contribution is 6.30. The Morgan fingerprint density at radius 2 is 2.29 bits per heavy atom. The molecule has 0 aliphatic carbocycles. The zero-order valence-corrected chi connectivity index (χ0v) is 8.34. The summed E-state index contributed by atoms with van der Waals surface area (Å²) >= 11 is 5.79. The first-order valence-electron chi connectivity index (χ1n) is 4.21.